The predicted molar refractivity (Wildman–Crippen MR) is 48.2 cm³/mol. The first-order valence-corrected chi connectivity index (χ1v) is 3.65. The second-order valence-electron chi connectivity index (χ2n) is 2.45. The molecule has 0 aliphatic heterocycles. The lowest BCUT2D eigenvalue weighted by Crippen LogP contribution is -2.21. The Morgan fingerprint density at radius 1 is 1.67 bits per heavy atom. The van der Waals surface area contributed by atoms with Gasteiger partial charge in [0.15, 0.2) is 0 Å². The zero-order valence-electron chi connectivity index (χ0n) is 6.70. The maximum atomic E-state index is 5.72. The molecule has 12 heavy (non-hydrogen) atoms. The molecule has 0 bridgehead atoms. The van der Waals surface area contributed by atoms with Gasteiger partial charge in [-0.1, -0.05) is 5.92 Å². The van der Waals surface area contributed by atoms with Gasteiger partial charge in [-0.05, 0) is 11.6 Å². The molecule has 0 fully saturated rings. The zero-order chi connectivity index (χ0) is 8.97. The minimum atomic E-state index is -0.195. The van der Waals surface area contributed by atoms with Gasteiger partial charge in [0.1, 0.15) is 0 Å². The van der Waals surface area contributed by atoms with Crippen LogP contribution in [0.2, 0.25) is 0 Å². The van der Waals surface area contributed by atoms with Crippen molar-refractivity contribution in [3.05, 3.63) is 29.6 Å². The molecule has 0 saturated carbocycles. The van der Waals surface area contributed by atoms with E-state index in [1.165, 1.54) is 0 Å². The predicted octanol–water partition coefficient (Wildman–Crippen LogP) is 0.0214. The van der Waals surface area contributed by atoms with Gasteiger partial charge in [0.25, 0.3) is 0 Å². The maximum absolute atomic E-state index is 5.72. The maximum Gasteiger partial charge on any atom is 0.0474 e. The number of terminal acetylenes is 1. The van der Waals surface area contributed by atoms with Crippen LogP contribution >= 0.6 is 0 Å². The van der Waals surface area contributed by atoms with E-state index in [-0.39, 0.29) is 6.04 Å². The third-order valence-corrected chi connectivity index (χ3v) is 1.66. The van der Waals surface area contributed by atoms with E-state index >= 15 is 0 Å². The Morgan fingerprint density at radius 2 is 2.42 bits per heavy atom. The van der Waals surface area contributed by atoms with Crippen molar-refractivity contribution in [1.29, 1.82) is 0 Å². The first-order valence-electron chi connectivity index (χ1n) is 3.65. The van der Waals surface area contributed by atoms with E-state index in [0.29, 0.717) is 6.54 Å². The van der Waals surface area contributed by atoms with Gasteiger partial charge < -0.3 is 11.5 Å². The minimum Gasteiger partial charge on any atom is -0.329 e. The van der Waals surface area contributed by atoms with E-state index in [4.69, 9.17) is 17.9 Å². The van der Waals surface area contributed by atoms with Crippen LogP contribution in [0.3, 0.4) is 0 Å². The quantitative estimate of drug-likeness (QED) is 0.601. The number of nitrogens with zero attached hydrogens (tertiary/aromatic N) is 1. The molecule has 1 heterocycles. The highest BCUT2D eigenvalue weighted by molar-refractivity contribution is 5.39. The van der Waals surface area contributed by atoms with E-state index in [1.807, 2.05) is 0 Å². The van der Waals surface area contributed by atoms with Crippen LogP contribution in [0.4, 0.5) is 0 Å². The monoisotopic (exact) mass is 161 g/mol. The Labute approximate surface area is 71.8 Å². The molecule has 0 unspecified atom stereocenters. The van der Waals surface area contributed by atoms with Gasteiger partial charge in [0, 0.05) is 30.5 Å². The molecule has 3 nitrogen and oxygen atoms in total. The molecule has 0 saturated heterocycles. The summed E-state index contributed by atoms with van der Waals surface area (Å²) in [5.74, 6) is 2.51. The van der Waals surface area contributed by atoms with Crippen LogP contribution in [-0.2, 0) is 0 Å². The van der Waals surface area contributed by atoms with Crippen LogP contribution in [0, 0.1) is 12.3 Å². The first kappa shape index (κ1) is 8.72. The van der Waals surface area contributed by atoms with Crippen molar-refractivity contribution in [3.8, 4) is 12.3 Å². The summed E-state index contributed by atoms with van der Waals surface area (Å²) in [6.07, 6.45) is 8.53. The fraction of sp³-hybridized carbons (Fsp3) is 0.222. The summed E-state index contributed by atoms with van der Waals surface area (Å²) in [5, 5.41) is 0. The third-order valence-electron chi connectivity index (χ3n) is 1.66. The second kappa shape index (κ2) is 3.86. The van der Waals surface area contributed by atoms with Gasteiger partial charge in [-0.2, -0.15) is 0 Å². The normalized spacial score (nSPS) is 12.1. The summed E-state index contributed by atoms with van der Waals surface area (Å²) >= 11 is 0. The molecule has 0 radical (unpaired) electrons. The highest BCUT2D eigenvalue weighted by Gasteiger charge is 2.06. The van der Waals surface area contributed by atoms with Crippen molar-refractivity contribution in [2.45, 2.75) is 6.04 Å². The van der Waals surface area contributed by atoms with Gasteiger partial charge >= 0.3 is 0 Å². The van der Waals surface area contributed by atoms with E-state index in [9.17, 15) is 0 Å². The van der Waals surface area contributed by atoms with E-state index in [2.05, 4.69) is 10.9 Å². The van der Waals surface area contributed by atoms with Gasteiger partial charge in [-0.25, -0.2) is 0 Å². The number of pyridine rings is 1. The van der Waals surface area contributed by atoms with Crippen molar-refractivity contribution in [3.63, 3.8) is 0 Å². The zero-order valence-corrected chi connectivity index (χ0v) is 6.70. The molecule has 1 rings (SSSR count). The van der Waals surface area contributed by atoms with Crippen molar-refractivity contribution in [2.24, 2.45) is 11.5 Å². The lowest BCUT2D eigenvalue weighted by molar-refractivity contribution is 0.733. The molecule has 1 aromatic rings. The highest BCUT2D eigenvalue weighted by Crippen LogP contribution is 2.12. The Balaban J connectivity index is 3.07. The SMILES string of the molecule is C#Cc1cnccc1[C@@H](N)CN. The summed E-state index contributed by atoms with van der Waals surface area (Å²) in [5.41, 5.74) is 12.7. The molecule has 0 aliphatic rings. The van der Waals surface area contributed by atoms with Crippen LogP contribution in [0.1, 0.15) is 17.2 Å². The van der Waals surface area contributed by atoms with Crippen LogP contribution in [0.15, 0.2) is 18.5 Å². The Morgan fingerprint density at radius 3 is 3.00 bits per heavy atom. The molecular formula is C9H11N3. The molecule has 4 N–H and O–H groups in total. The molecule has 0 aromatic carbocycles. The van der Waals surface area contributed by atoms with Crippen molar-refractivity contribution in [1.82, 2.24) is 4.98 Å². The van der Waals surface area contributed by atoms with Gasteiger partial charge in [0.05, 0.1) is 0 Å². The van der Waals surface area contributed by atoms with Crippen LogP contribution in [0.5, 0.6) is 0 Å². The summed E-state index contributed by atoms with van der Waals surface area (Å²) in [6, 6.07) is 1.60. The lowest BCUT2D eigenvalue weighted by Gasteiger charge is -2.10. The molecular weight excluding hydrogens is 150 g/mol. The Kier molecular flexibility index (Phi) is 2.81. The smallest absolute Gasteiger partial charge is 0.0474 e. The van der Waals surface area contributed by atoms with E-state index in [1.54, 1.807) is 18.5 Å². The average Bonchev–Trinajstić information content (AvgIpc) is 2.16. The number of hydrogen-bond donors (Lipinski definition) is 2. The van der Waals surface area contributed by atoms with E-state index in [0.717, 1.165) is 11.1 Å². The fourth-order valence-corrected chi connectivity index (χ4v) is 0.976. The second-order valence-corrected chi connectivity index (χ2v) is 2.45. The molecule has 1 aromatic heterocycles. The highest BCUT2D eigenvalue weighted by atomic mass is 14.7. The molecule has 1 atom stereocenters. The standard InChI is InChI=1S/C9H11N3/c1-2-7-6-12-4-3-8(7)9(11)5-10/h1,3-4,6,9H,5,10-11H2/t9-/m0/s1. The molecule has 62 valence electrons. The van der Waals surface area contributed by atoms with Gasteiger partial charge in [-0.15, -0.1) is 6.42 Å². The number of hydrogen-bond acceptors (Lipinski definition) is 3. The Hall–Kier alpha value is -1.37. The van der Waals surface area contributed by atoms with Crippen LogP contribution in [0.25, 0.3) is 0 Å². The first-order chi connectivity index (χ1) is 5.79. The molecule has 0 spiro atoms. The topological polar surface area (TPSA) is 64.9 Å². The minimum absolute atomic E-state index is 0.195. The average molecular weight is 161 g/mol. The fourth-order valence-electron chi connectivity index (χ4n) is 0.976. The number of aromatic nitrogens is 1. The van der Waals surface area contributed by atoms with Crippen LogP contribution in [-0.4, -0.2) is 11.5 Å². The summed E-state index contributed by atoms with van der Waals surface area (Å²) in [6.45, 7) is 0.388. The Bertz CT molecular complexity index is 301. The van der Waals surface area contributed by atoms with Crippen molar-refractivity contribution in [2.75, 3.05) is 6.54 Å². The molecule has 0 amide bonds. The largest absolute Gasteiger partial charge is 0.329 e. The van der Waals surface area contributed by atoms with Gasteiger partial charge in [0.2, 0.25) is 0 Å². The van der Waals surface area contributed by atoms with Crippen molar-refractivity contribution < 1.29 is 0 Å². The van der Waals surface area contributed by atoms with E-state index < -0.39 is 0 Å². The summed E-state index contributed by atoms with van der Waals surface area (Å²) in [4.78, 5) is 3.89. The lowest BCUT2D eigenvalue weighted by atomic mass is 10.0. The number of nitrogens with two attached hydrogens (primary N) is 2. The van der Waals surface area contributed by atoms with Gasteiger partial charge in [-0.3, -0.25) is 4.98 Å². The summed E-state index contributed by atoms with van der Waals surface area (Å²) < 4.78 is 0. The van der Waals surface area contributed by atoms with Crippen LogP contribution < -0.4 is 11.5 Å². The summed E-state index contributed by atoms with van der Waals surface area (Å²) in [7, 11) is 0. The molecule has 0 aliphatic carbocycles. The number of rotatable bonds is 2. The molecule has 3 heteroatoms. The third kappa shape index (κ3) is 1.62. The van der Waals surface area contributed by atoms with Crippen molar-refractivity contribution >= 4 is 0 Å².